The lowest BCUT2D eigenvalue weighted by Gasteiger charge is -2.35. The molecule has 0 unspecified atom stereocenters. The average Bonchev–Trinajstić information content (AvgIpc) is 2.83. The van der Waals surface area contributed by atoms with Crippen molar-refractivity contribution in [3.8, 4) is 11.5 Å². The van der Waals surface area contributed by atoms with Gasteiger partial charge in [-0.2, -0.15) is 0 Å². The standard InChI is InChI=1S/C24H31N3O5/c1-4-26-11-13-27(14-12-26)20-8-6-19(7-9-20)25-23(28)17-32-24(29)16-18-5-10-21(30-2)22(15-18)31-3/h5-10,15H,4,11-14,16-17H2,1-3H3,(H,25,28). The molecule has 2 aromatic carbocycles. The van der Waals surface area contributed by atoms with Crippen LogP contribution in [0.25, 0.3) is 0 Å². The molecule has 172 valence electrons. The van der Waals surface area contributed by atoms with Crippen molar-refractivity contribution in [2.24, 2.45) is 0 Å². The summed E-state index contributed by atoms with van der Waals surface area (Å²) < 4.78 is 15.5. The molecule has 1 saturated heterocycles. The number of ether oxygens (including phenoxy) is 3. The van der Waals surface area contributed by atoms with Gasteiger partial charge in [0.05, 0.1) is 20.6 Å². The number of hydrogen-bond donors (Lipinski definition) is 1. The molecule has 0 spiro atoms. The number of carbonyl (C=O) groups is 2. The number of piperazine rings is 1. The normalized spacial score (nSPS) is 14.0. The molecule has 1 aliphatic rings. The molecule has 0 radical (unpaired) electrons. The van der Waals surface area contributed by atoms with Gasteiger partial charge in [-0.1, -0.05) is 13.0 Å². The fraction of sp³-hybridized carbons (Fsp3) is 0.417. The van der Waals surface area contributed by atoms with Gasteiger partial charge < -0.3 is 29.3 Å². The van der Waals surface area contributed by atoms with E-state index in [1.165, 1.54) is 7.11 Å². The molecule has 3 rings (SSSR count). The summed E-state index contributed by atoms with van der Waals surface area (Å²) in [5.41, 5.74) is 2.52. The lowest BCUT2D eigenvalue weighted by atomic mass is 10.1. The van der Waals surface area contributed by atoms with Crippen molar-refractivity contribution in [2.45, 2.75) is 13.3 Å². The quantitative estimate of drug-likeness (QED) is 0.599. The highest BCUT2D eigenvalue weighted by Crippen LogP contribution is 2.27. The van der Waals surface area contributed by atoms with Crippen molar-refractivity contribution in [3.05, 3.63) is 48.0 Å². The number of nitrogens with one attached hydrogen (secondary N) is 1. The van der Waals surface area contributed by atoms with E-state index in [2.05, 4.69) is 22.0 Å². The minimum Gasteiger partial charge on any atom is -0.493 e. The molecule has 0 aromatic heterocycles. The van der Waals surface area contributed by atoms with Crippen molar-refractivity contribution in [1.82, 2.24) is 4.90 Å². The van der Waals surface area contributed by atoms with Gasteiger partial charge in [-0.15, -0.1) is 0 Å². The molecule has 2 aromatic rings. The van der Waals surface area contributed by atoms with Gasteiger partial charge in [0.15, 0.2) is 18.1 Å². The summed E-state index contributed by atoms with van der Waals surface area (Å²) >= 11 is 0. The van der Waals surface area contributed by atoms with Crippen LogP contribution in [0, 0.1) is 0 Å². The maximum absolute atomic E-state index is 12.2. The van der Waals surface area contributed by atoms with Gasteiger partial charge in [-0.05, 0) is 48.5 Å². The van der Waals surface area contributed by atoms with E-state index < -0.39 is 5.97 Å². The van der Waals surface area contributed by atoms with Crippen LogP contribution in [0.4, 0.5) is 11.4 Å². The van der Waals surface area contributed by atoms with Gasteiger partial charge in [-0.3, -0.25) is 9.59 Å². The average molecular weight is 442 g/mol. The Balaban J connectivity index is 1.44. The highest BCUT2D eigenvalue weighted by molar-refractivity contribution is 5.93. The lowest BCUT2D eigenvalue weighted by molar-refractivity contribution is -0.146. The molecule has 0 bridgehead atoms. The topological polar surface area (TPSA) is 80.3 Å². The summed E-state index contributed by atoms with van der Waals surface area (Å²) in [7, 11) is 3.08. The smallest absolute Gasteiger partial charge is 0.310 e. The first-order valence-corrected chi connectivity index (χ1v) is 10.8. The third kappa shape index (κ3) is 6.37. The fourth-order valence-corrected chi connectivity index (χ4v) is 3.63. The highest BCUT2D eigenvalue weighted by atomic mass is 16.5. The third-order valence-corrected chi connectivity index (χ3v) is 5.50. The first-order valence-electron chi connectivity index (χ1n) is 10.8. The van der Waals surface area contributed by atoms with Crippen LogP contribution < -0.4 is 19.7 Å². The zero-order chi connectivity index (χ0) is 22.9. The van der Waals surface area contributed by atoms with Crippen molar-refractivity contribution in [3.63, 3.8) is 0 Å². The van der Waals surface area contributed by atoms with Crippen molar-refractivity contribution >= 4 is 23.3 Å². The Bertz CT molecular complexity index is 908. The molecule has 0 saturated carbocycles. The number of amides is 1. The van der Waals surface area contributed by atoms with Crippen LogP contribution in [0.15, 0.2) is 42.5 Å². The van der Waals surface area contributed by atoms with Crippen LogP contribution in [0.1, 0.15) is 12.5 Å². The first-order chi connectivity index (χ1) is 15.5. The van der Waals surface area contributed by atoms with E-state index in [1.807, 2.05) is 24.3 Å². The number of carbonyl (C=O) groups excluding carboxylic acids is 2. The van der Waals surface area contributed by atoms with Gasteiger partial charge >= 0.3 is 5.97 Å². The van der Waals surface area contributed by atoms with Crippen molar-refractivity contribution < 1.29 is 23.8 Å². The molecule has 0 aliphatic carbocycles. The Kier molecular flexibility index (Phi) is 8.33. The van der Waals surface area contributed by atoms with E-state index in [4.69, 9.17) is 14.2 Å². The predicted octanol–water partition coefficient (Wildman–Crippen LogP) is 2.57. The van der Waals surface area contributed by atoms with E-state index in [0.29, 0.717) is 22.7 Å². The van der Waals surface area contributed by atoms with Gasteiger partial charge in [-0.25, -0.2) is 0 Å². The summed E-state index contributed by atoms with van der Waals surface area (Å²) in [4.78, 5) is 29.0. The maximum atomic E-state index is 12.2. The van der Waals surface area contributed by atoms with Gasteiger partial charge in [0, 0.05) is 37.6 Å². The molecule has 8 nitrogen and oxygen atoms in total. The van der Waals surface area contributed by atoms with Crippen LogP contribution >= 0.6 is 0 Å². The second kappa shape index (κ2) is 11.4. The molecule has 1 N–H and O–H groups in total. The van der Waals surface area contributed by atoms with E-state index >= 15 is 0 Å². The maximum Gasteiger partial charge on any atom is 0.310 e. The molecule has 1 heterocycles. The Morgan fingerprint density at radius 3 is 2.25 bits per heavy atom. The minimum absolute atomic E-state index is 0.0353. The number of hydrogen-bond acceptors (Lipinski definition) is 7. The molecular formula is C24H31N3O5. The Labute approximate surface area is 189 Å². The number of benzene rings is 2. The molecule has 8 heteroatoms. The second-order valence-electron chi connectivity index (χ2n) is 7.54. The highest BCUT2D eigenvalue weighted by Gasteiger charge is 2.16. The first kappa shape index (κ1) is 23.4. The Morgan fingerprint density at radius 2 is 1.62 bits per heavy atom. The number of rotatable bonds is 9. The minimum atomic E-state index is -0.492. The summed E-state index contributed by atoms with van der Waals surface area (Å²) in [6.07, 6.45) is 0.0353. The van der Waals surface area contributed by atoms with E-state index in [-0.39, 0.29) is 18.9 Å². The molecule has 1 fully saturated rings. The number of methoxy groups -OCH3 is 2. The van der Waals surface area contributed by atoms with Crippen LogP contribution in [-0.4, -0.2) is 70.3 Å². The second-order valence-corrected chi connectivity index (χ2v) is 7.54. The fourth-order valence-electron chi connectivity index (χ4n) is 3.63. The Hall–Kier alpha value is -3.26. The number of nitrogens with zero attached hydrogens (tertiary/aromatic N) is 2. The largest absolute Gasteiger partial charge is 0.493 e. The number of esters is 1. The van der Waals surface area contributed by atoms with Gasteiger partial charge in [0.25, 0.3) is 5.91 Å². The molecule has 1 amide bonds. The molecule has 1 aliphatic heterocycles. The van der Waals surface area contributed by atoms with E-state index in [0.717, 1.165) is 38.4 Å². The number of anilines is 2. The summed E-state index contributed by atoms with van der Waals surface area (Å²) in [5, 5.41) is 2.76. The van der Waals surface area contributed by atoms with E-state index in [9.17, 15) is 9.59 Å². The third-order valence-electron chi connectivity index (χ3n) is 5.50. The predicted molar refractivity (Wildman–Crippen MR) is 124 cm³/mol. The summed E-state index contributed by atoms with van der Waals surface area (Å²) in [5.74, 6) is 0.244. The Morgan fingerprint density at radius 1 is 0.938 bits per heavy atom. The van der Waals surface area contributed by atoms with Gasteiger partial charge in [0.2, 0.25) is 0 Å². The van der Waals surface area contributed by atoms with Crippen molar-refractivity contribution in [1.29, 1.82) is 0 Å². The van der Waals surface area contributed by atoms with Crippen LogP contribution in [0.3, 0.4) is 0 Å². The lowest BCUT2D eigenvalue weighted by Crippen LogP contribution is -2.46. The monoisotopic (exact) mass is 441 g/mol. The van der Waals surface area contributed by atoms with Gasteiger partial charge in [0.1, 0.15) is 0 Å². The van der Waals surface area contributed by atoms with Crippen molar-refractivity contribution in [2.75, 3.05) is 63.8 Å². The number of likely N-dealkylation sites (N-methyl/N-ethyl adjacent to an activating group) is 1. The zero-order valence-electron chi connectivity index (χ0n) is 18.9. The van der Waals surface area contributed by atoms with Crippen LogP contribution in [0.5, 0.6) is 11.5 Å². The van der Waals surface area contributed by atoms with E-state index in [1.54, 1.807) is 25.3 Å². The van der Waals surface area contributed by atoms with Crippen LogP contribution in [-0.2, 0) is 20.7 Å². The molecule has 32 heavy (non-hydrogen) atoms. The summed E-state index contributed by atoms with van der Waals surface area (Å²) in [6, 6.07) is 12.9. The van der Waals surface area contributed by atoms with Crippen LogP contribution in [0.2, 0.25) is 0 Å². The SMILES string of the molecule is CCN1CCN(c2ccc(NC(=O)COC(=O)Cc3ccc(OC)c(OC)c3)cc2)CC1. The summed E-state index contributed by atoms with van der Waals surface area (Å²) in [6.45, 7) is 7.03. The molecule has 0 atom stereocenters. The zero-order valence-corrected chi connectivity index (χ0v) is 18.9. The molecular weight excluding hydrogens is 410 g/mol.